The molecule has 0 aliphatic rings. The Morgan fingerprint density at radius 1 is 1.04 bits per heavy atom. The first-order valence-electron chi connectivity index (χ1n) is 8.23. The summed E-state index contributed by atoms with van der Waals surface area (Å²) in [6, 6.07) is 15.7. The minimum absolute atomic E-state index is 0.0308. The van der Waals surface area contributed by atoms with Crippen molar-refractivity contribution in [2.24, 2.45) is 0 Å². The second kappa shape index (κ2) is 9.37. The molecule has 2 atom stereocenters. The van der Waals surface area contributed by atoms with Gasteiger partial charge in [0.2, 0.25) is 5.91 Å². The number of nitrogens with one attached hydrogen (secondary N) is 1. The first kappa shape index (κ1) is 19.2. The Morgan fingerprint density at radius 2 is 1.72 bits per heavy atom. The van der Waals surface area contributed by atoms with Gasteiger partial charge in [0.25, 0.3) is 0 Å². The number of thioether (sulfide) groups is 1. The number of hydrogen-bond donors (Lipinski definition) is 1. The molecule has 25 heavy (non-hydrogen) atoms. The second-order valence-corrected chi connectivity index (χ2v) is 7.11. The van der Waals surface area contributed by atoms with Crippen LogP contribution in [-0.2, 0) is 10.5 Å². The van der Waals surface area contributed by atoms with Gasteiger partial charge in [-0.05, 0) is 37.1 Å². The van der Waals surface area contributed by atoms with E-state index in [0.29, 0.717) is 11.5 Å². The highest BCUT2D eigenvalue weighted by molar-refractivity contribution is 7.99. The van der Waals surface area contributed by atoms with E-state index in [9.17, 15) is 4.79 Å². The predicted molar refractivity (Wildman–Crippen MR) is 103 cm³/mol. The minimum atomic E-state index is -0.122. The normalized spacial score (nSPS) is 13.0. The van der Waals surface area contributed by atoms with Crippen LogP contribution < -0.4 is 14.8 Å². The average Bonchev–Trinajstić information content (AvgIpc) is 2.66. The van der Waals surface area contributed by atoms with Gasteiger partial charge in [0.1, 0.15) is 0 Å². The zero-order valence-corrected chi connectivity index (χ0v) is 15.9. The van der Waals surface area contributed by atoms with E-state index >= 15 is 0 Å². The van der Waals surface area contributed by atoms with Crippen LogP contribution >= 0.6 is 11.8 Å². The van der Waals surface area contributed by atoms with Crippen LogP contribution in [0.5, 0.6) is 11.5 Å². The number of carbonyl (C=O) groups excluding carboxylic acids is 1. The molecule has 0 aliphatic carbocycles. The van der Waals surface area contributed by atoms with Crippen LogP contribution in [0.2, 0.25) is 0 Å². The van der Waals surface area contributed by atoms with Gasteiger partial charge >= 0.3 is 0 Å². The van der Waals surface area contributed by atoms with E-state index in [1.54, 1.807) is 26.0 Å². The summed E-state index contributed by atoms with van der Waals surface area (Å²) in [5.74, 6) is 2.19. The van der Waals surface area contributed by atoms with Crippen molar-refractivity contribution in [1.82, 2.24) is 5.32 Å². The van der Waals surface area contributed by atoms with Gasteiger partial charge in [0.15, 0.2) is 11.5 Å². The number of rotatable bonds is 8. The summed E-state index contributed by atoms with van der Waals surface area (Å²) in [5.41, 5.74) is 2.20. The Morgan fingerprint density at radius 3 is 2.36 bits per heavy atom. The van der Waals surface area contributed by atoms with E-state index in [-0.39, 0.29) is 17.2 Å². The lowest BCUT2D eigenvalue weighted by Gasteiger charge is -2.19. The van der Waals surface area contributed by atoms with Crippen LogP contribution in [0.3, 0.4) is 0 Å². The molecule has 2 aromatic rings. The fourth-order valence-corrected chi connectivity index (χ4v) is 3.26. The summed E-state index contributed by atoms with van der Waals surface area (Å²) in [7, 11) is 3.21. The van der Waals surface area contributed by atoms with Gasteiger partial charge in [0, 0.05) is 5.75 Å². The number of amides is 1. The number of hydrogen-bond acceptors (Lipinski definition) is 4. The van der Waals surface area contributed by atoms with Gasteiger partial charge in [-0.3, -0.25) is 4.79 Å². The fraction of sp³-hybridized carbons (Fsp3) is 0.350. The van der Waals surface area contributed by atoms with E-state index in [4.69, 9.17) is 9.47 Å². The number of methoxy groups -OCH3 is 2. The van der Waals surface area contributed by atoms with Crippen molar-refractivity contribution in [3.05, 3.63) is 59.7 Å². The molecule has 0 saturated carbocycles. The van der Waals surface area contributed by atoms with Gasteiger partial charge in [-0.15, -0.1) is 11.8 Å². The minimum Gasteiger partial charge on any atom is -0.493 e. The summed E-state index contributed by atoms with van der Waals surface area (Å²) >= 11 is 1.63. The molecule has 1 amide bonds. The van der Waals surface area contributed by atoms with Crippen molar-refractivity contribution in [2.75, 3.05) is 14.2 Å². The lowest BCUT2D eigenvalue weighted by Crippen LogP contribution is -2.33. The first-order valence-corrected chi connectivity index (χ1v) is 9.27. The van der Waals surface area contributed by atoms with Gasteiger partial charge in [0.05, 0.1) is 25.5 Å². The van der Waals surface area contributed by atoms with Gasteiger partial charge in [-0.1, -0.05) is 36.4 Å². The highest BCUT2D eigenvalue weighted by atomic mass is 32.2. The molecule has 1 N–H and O–H groups in total. The largest absolute Gasteiger partial charge is 0.493 e. The molecule has 2 rings (SSSR count). The van der Waals surface area contributed by atoms with Crippen molar-refractivity contribution in [3.8, 4) is 11.5 Å². The third-order valence-electron chi connectivity index (χ3n) is 3.98. The second-order valence-electron chi connectivity index (χ2n) is 5.78. The SMILES string of the molecule is COc1ccc([C@H](C)NC(=O)[C@H](C)SCc2ccccc2)cc1OC. The van der Waals surface area contributed by atoms with Gasteiger partial charge in [-0.2, -0.15) is 0 Å². The van der Waals surface area contributed by atoms with E-state index in [0.717, 1.165) is 11.3 Å². The Bertz CT molecular complexity index is 691. The highest BCUT2D eigenvalue weighted by Crippen LogP contribution is 2.30. The van der Waals surface area contributed by atoms with Crippen molar-refractivity contribution < 1.29 is 14.3 Å². The summed E-state index contributed by atoms with van der Waals surface area (Å²) < 4.78 is 10.6. The Hall–Kier alpha value is -2.14. The van der Waals surface area contributed by atoms with Crippen molar-refractivity contribution in [3.63, 3.8) is 0 Å². The zero-order valence-electron chi connectivity index (χ0n) is 15.1. The molecule has 0 fully saturated rings. The van der Waals surface area contributed by atoms with Crippen LogP contribution in [0.25, 0.3) is 0 Å². The maximum absolute atomic E-state index is 12.4. The smallest absolute Gasteiger partial charge is 0.233 e. The molecule has 0 aromatic heterocycles. The van der Waals surface area contributed by atoms with E-state index < -0.39 is 0 Å². The third-order valence-corrected chi connectivity index (χ3v) is 5.19. The summed E-state index contributed by atoms with van der Waals surface area (Å²) in [5, 5.41) is 2.94. The summed E-state index contributed by atoms with van der Waals surface area (Å²) in [6.45, 7) is 3.90. The molecule has 5 heteroatoms. The third kappa shape index (κ3) is 5.43. The molecule has 0 aliphatic heterocycles. The van der Waals surface area contributed by atoms with Crippen LogP contribution in [-0.4, -0.2) is 25.4 Å². The summed E-state index contributed by atoms with van der Waals surface area (Å²) in [6.07, 6.45) is 0. The van der Waals surface area contributed by atoms with Crippen molar-refractivity contribution in [2.45, 2.75) is 30.9 Å². The topological polar surface area (TPSA) is 47.6 Å². The lowest BCUT2D eigenvalue weighted by molar-refractivity contribution is -0.120. The molecule has 2 aromatic carbocycles. The Kier molecular flexibility index (Phi) is 7.19. The monoisotopic (exact) mass is 359 g/mol. The summed E-state index contributed by atoms with van der Waals surface area (Å²) in [4.78, 5) is 12.4. The maximum atomic E-state index is 12.4. The quantitative estimate of drug-likeness (QED) is 0.767. The van der Waals surface area contributed by atoms with Crippen molar-refractivity contribution >= 4 is 17.7 Å². The molecule has 0 heterocycles. The molecular weight excluding hydrogens is 334 g/mol. The molecule has 0 unspecified atom stereocenters. The molecule has 0 radical (unpaired) electrons. The Labute approximate surface area is 153 Å². The average molecular weight is 359 g/mol. The molecule has 4 nitrogen and oxygen atoms in total. The van der Waals surface area contributed by atoms with Crippen LogP contribution in [0.1, 0.15) is 31.0 Å². The lowest BCUT2D eigenvalue weighted by atomic mass is 10.1. The maximum Gasteiger partial charge on any atom is 0.233 e. The van der Waals surface area contributed by atoms with Crippen LogP contribution in [0.4, 0.5) is 0 Å². The van der Waals surface area contributed by atoms with E-state index in [1.807, 2.05) is 50.2 Å². The van der Waals surface area contributed by atoms with Gasteiger partial charge < -0.3 is 14.8 Å². The molecule has 0 spiro atoms. The number of ether oxygens (including phenoxy) is 2. The van der Waals surface area contributed by atoms with Crippen LogP contribution in [0.15, 0.2) is 48.5 Å². The highest BCUT2D eigenvalue weighted by Gasteiger charge is 2.17. The number of carbonyl (C=O) groups is 1. The number of benzene rings is 2. The van der Waals surface area contributed by atoms with E-state index in [2.05, 4.69) is 17.4 Å². The predicted octanol–water partition coefficient (Wildman–Crippen LogP) is 4.20. The first-order chi connectivity index (χ1) is 12.0. The van der Waals surface area contributed by atoms with E-state index in [1.165, 1.54) is 5.56 Å². The molecule has 134 valence electrons. The molecular formula is C20H25NO3S. The van der Waals surface area contributed by atoms with Crippen molar-refractivity contribution in [1.29, 1.82) is 0 Å². The van der Waals surface area contributed by atoms with Crippen LogP contribution in [0, 0.1) is 0 Å². The molecule has 0 bridgehead atoms. The Balaban J connectivity index is 1.92. The fourth-order valence-electron chi connectivity index (χ4n) is 2.41. The molecule has 0 saturated heterocycles. The standard InChI is InChI=1S/C20H25NO3S/c1-14(17-10-11-18(23-3)19(12-17)24-4)21-20(22)15(2)25-13-16-8-6-5-7-9-16/h5-12,14-15H,13H2,1-4H3,(H,21,22)/t14-,15-/m0/s1. The zero-order chi connectivity index (χ0) is 18.2. The van der Waals surface area contributed by atoms with Gasteiger partial charge in [-0.25, -0.2) is 0 Å².